The number of sulfonamides is 1. The van der Waals surface area contributed by atoms with Crippen molar-refractivity contribution in [2.24, 2.45) is 0 Å². The Morgan fingerprint density at radius 2 is 1.62 bits per heavy atom. The topological polar surface area (TPSA) is 105 Å². The first-order valence-corrected chi connectivity index (χ1v) is 13.3. The number of hydrogen-bond acceptors (Lipinski definition) is 5. The highest BCUT2D eigenvalue weighted by atomic mass is 35.5. The molecule has 0 aliphatic rings. The third kappa shape index (κ3) is 7.93. The van der Waals surface area contributed by atoms with Gasteiger partial charge in [-0.1, -0.05) is 23.7 Å². The van der Waals surface area contributed by atoms with E-state index in [0.29, 0.717) is 11.6 Å². The van der Waals surface area contributed by atoms with Gasteiger partial charge in [-0.3, -0.25) is 14.3 Å². The Balaban J connectivity index is 1.67. The van der Waals surface area contributed by atoms with Crippen LogP contribution in [0.1, 0.15) is 19.4 Å². The molecule has 3 aromatic carbocycles. The molecule has 0 aliphatic heterocycles. The van der Waals surface area contributed by atoms with Gasteiger partial charge in [-0.25, -0.2) is 12.8 Å². The molecule has 0 unspecified atom stereocenters. The number of carbonyl (C=O) groups excluding carboxylic acids is 2. The summed E-state index contributed by atoms with van der Waals surface area (Å²) in [6.45, 7) is 3.65. The zero-order valence-corrected chi connectivity index (χ0v) is 21.9. The first kappa shape index (κ1) is 27.9. The molecule has 3 aromatic rings. The van der Waals surface area contributed by atoms with Crippen molar-refractivity contribution < 1.29 is 27.1 Å². The van der Waals surface area contributed by atoms with Crippen LogP contribution in [0.5, 0.6) is 5.75 Å². The van der Waals surface area contributed by atoms with Crippen LogP contribution in [-0.2, 0) is 26.2 Å². The fourth-order valence-electron chi connectivity index (χ4n) is 3.37. The van der Waals surface area contributed by atoms with Crippen molar-refractivity contribution in [2.75, 3.05) is 17.9 Å². The number of anilines is 1. The fraction of sp³-hybridized carbons (Fsp3) is 0.231. The van der Waals surface area contributed by atoms with Crippen molar-refractivity contribution in [3.63, 3.8) is 0 Å². The summed E-state index contributed by atoms with van der Waals surface area (Å²) in [5, 5.41) is 3.27. The van der Waals surface area contributed by atoms with Crippen molar-refractivity contribution >= 4 is 39.1 Å². The van der Waals surface area contributed by atoms with Gasteiger partial charge >= 0.3 is 0 Å². The zero-order valence-electron chi connectivity index (χ0n) is 20.3. The molecule has 11 heteroatoms. The molecule has 0 aliphatic carbocycles. The van der Waals surface area contributed by atoms with E-state index in [2.05, 4.69) is 10.0 Å². The van der Waals surface area contributed by atoms with Crippen LogP contribution in [0.25, 0.3) is 0 Å². The quantitative estimate of drug-likeness (QED) is 0.374. The average molecular weight is 548 g/mol. The molecule has 0 saturated heterocycles. The number of carbonyl (C=O) groups is 2. The van der Waals surface area contributed by atoms with E-state index in [1.165, 1.54) is 41.3 Å². The van der Waals surface area contributed by atoms with E-state index in [0.717, 1.165) is 17.7 Å². The van der Waals surface area contributed by atoms with Crippen LogP contribution in [0, 0.1) is 5.82 Å². The van der Waals surface area contributed by atoms with Gasteiger partial charge in [0.05, 0.1) is 4.90 Å². The van der Waals surface area contributed by atoms with Crippen molar-refractivity contribution in [3.8, 4) is 5.75 Å². The van der Waals surface area contributed by atoms with Gasteiger partial charge < -0.3 is 15.0 Å². The van der Waals surface area contributed by atoms with Crippen LogP contribution >= 0.6 is 11.6 Å². The lowest BCUT2D eigenvalue weighted by atomic mass is 10.1. The van der Waals surface area contributed by atoms with Crippen molar-refractivity contribution in [2.45, 2.75) is 31.3 Å². The minimum atomic E-state index is -3.91. The van der Waals surface area contributed by atoms with Gasteiger partial charge in [-0.05, 0) is 80.1 Å². The minimum absolute atomic E-state index is 0.0373. The Kier molecular flexibility index (Phi) is 9.48. The molecular formula is C26H27ClFN3O5S. The number of ether oxygens (including phenoxy) is 1. The zero-order chi connectivity index (χ0) is 27.0. The Bertz CT molecular complexity index is 1320. The number of hydrogen-bond donors (Lipinski definition) is 2. The van der Waals surface area contributed by atoms with Crippen LogP contribution in [-0.4, -0.2) is 44.3 Å². The number of benzene rings is 3. The highest BCUT2D eigenvalue weighted by Gasteiger charge is 2.26. The largest absolute Gasteiger partial charge is 0.484 e. The molecule has 3 rings (SSSR count). The lowest BCUT2D eigenvalue weighted by Gasteiger charge is -2.28. The first-order valence-electron chi connectivity index (χ1n) is 11.4. The summed E-state index contributed by atoms with van der Waals surface area (Å²) in [5.41, 5.74) is 1.01. The second-order valence-electron chi connectivity index (χ2n) is 8.09. The van der Waals surface area contributed by atoms with E-state index >= 15 is 0 Å². The smallest absolute Gasteiger partial charge is 0.261 e. The monoisotopic (exact) mass is 547 g/mol. The molecule has 0 bridgehead atoms. The van der Waals surface area contributed by atoms with Gasteiger partial charge in [-0.2, -0.15) is 0 Å². The lowest BCUT2D eigenvalue weighted by Crippen LogP contribution is -2.49. The van der Waals surface area contributed by atoms with Gasteiger partial charge in [0.1, 0.15) is 17.6 Å². The first-order chi connectivity index (χ1) is 17.6. The molecule has 1 atom stereocenters. The van der Waals surface area contributed by atoms with Crippen LogP contribution in [0.4, 0.5) is 10.1 Å². The maximum absolute atomic E-state index is 13.1. The number of halogens is 2. The van der Waals surface area contributed by atoms with E-state index in [-0.39, 0.29) is 35.4 Å². The number of rotatable bonds is 11. The van der Waals surface area contributed by atoms with Crippen LogP contribution in [0.3, 0.4) is 0 Å². The Labute approximate surface area is 220 Å². The number of amides is 2. The third-order valence-corrected chi connectivity index (χ3v) is 7.03. The van der Waals surface area contributed by atoms with Gasteiger partial charge in [0.15, 0.2) is 6.61 Å². The molecule has 2 N–H and O–H groups in total. The summed E-state index contributed by atoms with van der Waals surface area (Å²) >= 11 is 5.95. The van der Waals surface area contributed by atoms with E-state index in [4.69, 9.17) is 16.3 Å². The molecule has 0 heterocycles. The molecule has 0 radical (unpaired) electrons. The standard InChI is InChI=1S/C26H27ClFN3O5S/c1-3-29-26(33)18(2)31(16-19-4-6-20(27)7-5-19)25(32)17-36-23-12-14-24(15-13-23)37(34,35)30-22-10-8-21(28)9-11-22/h4-15,18,30H,3,16-17H2,1-2H3,(H,29,33)/t18-/m1/s1. The molecule has 0 aromatic heterocycles. The molecule has 2 amide bonds. The SMILES string of the molecule is CCNC(=O)[C@@H](C)N(Cc1ccc(Cl)cc1)C(=O)COc1ccc(S(=O)(=O)Nc2ccc(F)cc2)cc1. The molecular weight excluding hydrogens is 521 g/mol. The molecule has 0 saturated carbocycles. The second-order valence-corrected chi connectivity index (χ2v) is 10.2. The van der Waals surface area contributed by atoms with Gasteiger partial charge in [0, 0.05) is 23.8 Å². The lowest BCUT2D eigenvalue weighted by molar-refractivity contribution is -0.142. The molecule has 0 spiro atoms. The van der Waals surface area contributed by atoms with Crippen molar-refractivity contribution in [1.82, 2.24) is 10.2 Å². The summed E-state index contributed by atoms with van der Waals surface area (Å²) in [5.74, 6) is -0.936. The van der Waals surface area contributed by atoms with Crippen LogP contribution in [0.2, 0.25) is 5.02 Å². The number of nitrogens with zero attached hydrogens (tertiary/aromatic N) is 1. The molecule has 196 valence electrons. The van der Waals surface area contributed by atoms with E-state index < -0.39 is 27.8 Å². The second kappa shape index (κ2) is 12.6. The number of nitrogens with one attached hydrogen (secondary N) is 2. The molecule has 8 nitrogen and oxygen atoms in total. The molecule has 37 heavy (non-hydrogen) atoms. The van der Waals surface area contributed by atoms with Gasteiger partial charge in [-0.15, -0.1) is 0 Å². The third-order valence-electron chi connectivity index (χ3n) is 5.38. The summed E-state index contributed by atoms with van der Waals surface area (Å²) in [7, 11) is -3.91. The summed E-state index contributed by atoms with van der Waals surface area (Å²) in [6, 6.07) is 16.6. The summed E-state index contributed by atoms with van der Waals surface area (Å²) < 4.78 is 46.2. The highest BCUT2D eigenvalue weighted by molar-refractivity contribution is 7.92. The van der Waals surface area contributed by atoms with Gasteiger partial charge in [0.2, 0.25) is 5.91 Å². The predicted molar refractivity (Wildman–Crippen MR) is 139 cm³/mol. The van der Waals surface area contributed by atoms with Crippen molar-refractivity contribution in [1.29, 1.82) is 0 Å². The predicted octanol–water partition coefficient (Wildman–Crippen LogP) is 4.21. The average Bonchev–Trinajstić information content (AvgIpc) is 2.88. The number of likely N-dealkylation sites (N-methyl/N-ethyl adjacent to an activating group) is 1. The minimum Gasteiger partial charge on any atom is -0.484 e. The fourth-order valence-corrected chi connectivity index (χ4v) is 4.55. The summed E-state index contributed by atoms with van der Waals surface area (Å²) in [4.78, 5) is 26.9. The maximum Gasteiger partial charge on any atom is 0.261 e. The summed E-state index contributed by atoms with van der Waals surface area (Å²) in [6.07, 6.45) is 0. The van der Waals surface area contributed by atoms with Crippen molar-refractivity contribution in [3.05, 3.63) is 89.2 Å². The maximum atomic E-state index is 13.1. The van der Waals surface area contributed by atoms with Crippen LogP contribution in [0.15, 0.2) is 77.7 Å². The normalized spacial score (nSPS) is 11.9. The highest BCUT2D eigenvalue weighted by Crippen LogP contribution is 2.20. The van der Waals surface area contributed by atoms with E-state index in [9.17, 15) is 22.4 Å². The Morgan fingerprint density at radius 1 is 1.00 bits per heavy atom. The van der Waals surface area contributed by atoms with E-state index in [1.54, 1.807) is 38.1 Å². The Morgan fingerprint density at radius 3 is 2.22 bits per heavy atom. The van der Waals surface area contributed by atoms with Crippen LogP contribution < -0.4 is 14.8 Å². The Hall–Kier alpha value is -3.63. The molecule has 0 fully saturated rings. The van der Waals surface area contributed by atoms with Gasteiger partial charge in [0.25, 0.3) is 15.9 Å². The van der Waals surface area contributed by atoms with E-state index in [1.807, 2.05) is 0 Å².